The van der Waals surface area contributed by atoms with Crippen molar-refractivity contribution < 1.29 is 26.3 Å². The molecule has 0 radical (unpaired) electrons. The van der Waals surface area contributed by atoms with Gasteiger partial charge < -0.3 is 4.90 Å². The van der Waals surface area contributed by atoms with Crippen LogP contribution < -0.4 is 4.90 Å². The van der Waals surface area contributed by atoms with E-state index in [0.29, 0.717) is 5.69 Å². The summed E-state index contributed by atoms with van der Waals surface area (Å²) < 4.78 is 75.8. The average Bonchev–Trinajstić information content (AvgIpc) is 2.45. The van der Waals surface area contributed by atoms with Crippen LogP contribution in [0.5, 0.6) is 0 Å². The predicted octanol–water partition coefficient (Wildman–Crippen LogP) is 4.47. The maximum absolute atomic E-state index is 12.7. The second kappa shape index (κ2) is 5.75. The highest BCUT2D eigenvalue weighted by atomic mass is 19.4. The monoisotopic (exact) mass is 321 g/mol. The Bertz CT molecular complexity index is 573. The lowest BCUT2D eigenvalue weighted by atomic mass is 9.95. The molecule has 0 bridgehead atoms. The van der Waals surface area contributed by atoms with Crippen LogP contribution in [-0.4, -0.2) is 19.3 Å². The van der Waals surface area contributed by atoms with Crippen LogP contribution in [0.15, 0.2) is 18.2 Å². The Hall–Kier alpha value is -1.84. The van der Waals surface area contributed by atoms with Gasteiger partial charge in [0, 0.05) is 18.7 Å². The van der Waals surface area contributed by atoms with Crippen LogP contribution in [0.2, 0.25) is 0 Å². The molecule has 0 unspecified atom stereocenters. The van der Waals surface area contributed by atoms with Crippen molar-refractivity contribution >= 4 is 5.69 Å². The van der Waals surface area contributed by atoms with Gasteiger partial charge in [0.1, 0.15) is 0 Å². The van der Waals surface area contributed by atoms with E-state index in [9.17, 15) is 26.3 Å². The van der Waals surface area contributed by atoms with Crippen molar-refractivity contribution in [1.82, 2.24) is 0 Å². The zero-order valence-electron chi connectivity index (χ0n) is 11.4. The largest absolute Gasteiger partial charge is 0.416 e. The lowest BCUT2D eigenvalue weighted by Gasteiger charge is -2.35. The molecule has 0 aromatic heterocycles. The molecule has 0 saturated carbocycles. The first-order chi connectivity index (χ1) is 10.1. The molecule has 0 spiro atoms. The predicted molar refractivity (Wildman–Crippen MR) is 70.4 cm³/mol. The summed E-state index contributed by atoms with van der Waals surface area (Å²) in [6.45, 7) is 0.231. The molecule has 2 rings (SSSR count). The van der Waals surface area contributed by atoms with E-state index >= 15 is 0 Å². The molecule has 1 aliphatic heterocycles. The fourth-order valence-electron chi connectivity index (χ4n) is 2.55. The molecule has 1 aromatic carbocycles. The van der Waals surface area contributed by atoms with Crippen molar-refractivity contribution in [2.24, 2.45) is 5.92 Å². The molecule has 120 valence electrons. The average molecular weight is 321 g/mol. The zero-order chi connectivity index (χ0) is 16.5. The van der Waals surface area contributed by atoms with Gasteiger partial charge in [-0.05, 0) is 31.0 Å². The Morgan fingerprint density at radius 1 is 1.05 bits per heavy atom. The quantitative estimate of drug-likeness (QED) is 0.545. The molecule has 0 N–H and O–H groups in total. The van der Waals surface area contributed by atoms with E-state index in [2.05, 4.69) is 5.92 Å². The van der Waals surface area contributed by atoms with Crippen LogP contribution in [0, 0.1) is 18.3 Å². The SMILES string of the molecule is C#Cc1cc(C(F)(F)F)ccc1N1CCC(C(F)(F)F)CC1. The topological polar surface area (TPSA) is 3.24 Å². The van der Waals surface area contributed by atoms with Crippen molar-refractivity contribution in [3.05, 3.63) is 29.3 Å². The second-order valence-corrected chi connectivity index (χ2v) is 5.18. The smallest absolute Gasteiger partial charge is 0.370 e. The summed E-state index contributed by atoms with van der Waals surface area (Å²) >= 11 is 0. The molecule has 0 atom stereocenters. The lowest BCUT2D eigenvalue weighted by molar-refractivity contribution is -0.179. The van der Waals surface area contributed by atoms with Crippen LogP contribution in [0.25, 0.3) is 0 Å². The van der Waals surface area contributed by atoms with Gasteiger partial charge in [0.25, 0.3) is 0 Å². The molecule has 22 heavy (non-hydrogen) atoms. The Kier molecular flexibility index (Phi) is 4.32. The Morgan fingerprint density at radius 2 is 1.64 bits per heavy atom. The van der Waals surface area contributed by atoms with Gasteiger partial charge in [0.05, 0.1) is 17.2 Å². The highest BCUT2D eigenvalue weighted by Crippen LogP contribution is 2.37. The van der Waals surface area contributed by atoms with Gasteiger partial charge in [-0.1, -0.05) is 5.92 Å². The van der Waals surface area contributed by atoms with Gasteiger partial charge in [-0.2, -0.15) is 26.3 Å². The second-order valence-electron chi connectivity index (χ2n) is 5.18. The van der Waals surface area contributed by atoms with Crippen LogP contribution in [0.3, 0.4) is 0 Å². The lowest BCUT2D eigenvalue weighted by Crippen LogP contribution is -2.39. The summed E-state index contributed by atoms with van der Waals surface area (Å²) in [5.41, 5.74) is -0.453. The summed E-state index contributed by atoms with van der Waals surface area (Å²) in [6, 6.07) is 2.98. The van der Waals surface area contributed by atoms with E-state index in [4.69, 9.17) is 6.42 Å². The Balaban J connectivity index is 2.19. The third kappa shape index (κ3) is 3.49. The first kappa shape index (κ1) is 16.5. The number of anilines is 1. The maximum atomic E-state index is 12.7. The standard InChI is InChI=1S/C15H13F6N/c1-2-10-9-12(15(19,20)21)3-4-13(10)22-7-5-11(6-8-22)14(16,17)18/h1,3-4,9,11H,5-8H2. The van der Waals surface area contributed by atoms with Crippen molar-refractivity contribution in [2.45, 2.75) is 25.2 Å². The zero-order valence-corrected chi connectivity index (χ0v) is 11.4. The van der Waals surface area contributed by atoms with Crippen LogP contribution in [0.4, 0.5) is 32.0 Å². The molecule has 1 heterocycles. The van der Waals surface area contributed by atoms with Crippen molar-refractivity contribution in [3.8, 4) is 12.3 Å². The van der Waals surface area contributed by atoms with E-state index in [1.807, 2.05) is 0 Å². The van der Waals surface area contributed by atoms with Crippen LogP contribution in [0.1, 0.15) is 24.0 Å². The number of hydrogen-bond acceptors (Lipinski definition) is 1. The van der Waals surface area contributed by atoms with Crippen LogP contribution in [-0.2, 0) is 6.18 Å². The molecule has 1 saturated heterocycles. The molecule has 7 heteroatoms. The van der Waals surface area contributed by atoms with E-state index in [-0.39, 0.29) is 31.5 Å². The number of benzene rings is 1. The molecule has 1 nitrogen and oxygen atoms in total. The normalized spacial score (nSPS) is 17.4. The van der Waals surface area contributed by atoms with Crippen molar-refractivity contribution in [1.29, 1.82) is 0 Å². The Morgan fingerprint density at radius 3 is 2.09 bits per heavy atom. The van der Waals surface area contributed by atoms with E-state index < -0.39 is 23.8 Å². The number of alkyl halides is 6. The van der Waals surface area contributed by atoms with Gasteiger partial charge in [-0.3, -0.25) is 0 Å². The van der Waals surface area contributed by atoms with E-state index in [0.717, 1.165) is 12.1 Å². The molecular formula is C15H13F6N. The summed E-state index contributed by atoms with van der Waals surface area (Å²) in [7, 11) is 0. The number of terminal acetylenes is 1. The van der Waals surface area contributed by atoms with Gasteiger partial charge in [0.2, 0.25) is 0 Å². The fourth-order valence-corrected chi connectivity index (χ4v) is 2.55. The minimum absolute atomic E-state index is 0.0419. The number of halogens is 6. The van der Waals surface area contributed by atoms with Gasteiger partial charge in [-0.15, -0.1) is 6.42 Å². The first-order valence-electron chi connectivity index (χ1n) is 6.62. The third-order valence-corrected chi connectivity index (χ3v) is 3.78. The van der Waals surface area contributed by atoms with Gasteiger partial charge in [-0.25, -0.2) is 0 Å². The first-order valence-corrected chi connectivity index (χ1v) is 6.62. The summed E-state index contributed by atoms with van der Waals surface area (Å²) in [4.78, 5) is 1.61. The summed E-state index contributed by atoms with van der Waals surface area (Å²) in [5, 5.41) is 0. The number of nitrogens with zero attached hydrogens (tertiary/aromatic N) is 1. The fraction of sp³-hybridized carbons (Fsp3) is 0.467. The highest BCUT2D eigenvalue weighted by Gasteiger charge is 2.41. The molecule has 0 amide bonds. The Labute approximate surface area is 123 Å². The number of hydrogen-bond donors (Lipinski definition) is 0. The van der Waals surface area contributed by atoms with Crippen molar-refractivity contribution in [2.75, 3.05) is 18.0 Å². The van der Waals surface area contributed by atoms with Crippen LogP contribution >= 0.6 is 0 Å². The van der Waals surface area contributed by atoms with E-state index in [1.165, 1.54) is 6.07 Å². The third-order valence-electron chi connectivity index (χ3n) is 3.78. The molecule has 0 aliphatic carbocycles. The molecule has 1 fully saturated rings. The summed E-state index contributed by atoms with van der Waals surface area (Å²) in [5.74, 6) is 0.815. The molecule has 1 aliphatic rings. The number of rotatable bonds is 1. The van der Waals surface area contributed by atoms with Gasteiger partial charge >= 0.3 is 12.4 Å². The maximum Gasteiger partial charge on any atom is 0.416 e. The highest BCUT2D eigenvalue weighted by molar-refractivity contribution is 5.62. The molecule has 1 aromatic rings. The van der Waals surface area contributed by atoms with Crippen molar-refractivity contribution in [3.63, 3.8) is 0 Å². The van der Waals surface area contributed by atoms with Gasteiger partial charge in [0.15, 0.2) is 0 Å². The minimum atomic E-state index is -4.51. The number of piperidine rings is 1. The van der Waals surface area contributed by atoms with E-state index in [1.54, 1.807) is 4.90 Å². The molecular weight excluding hydrogens is 308 g/mol. The minimum Gasteiger partial charge on any atom is -0.370 e. The summed E-state index contributed by atoms with van der Waals surface area (Å²) in [6.07, 6.45) is -3.68.